The zero-order valence-corrected chi connectivity index (χ0v) is 17.3. The standard InChI is InChI=1S/C22H34N4O2/c1-23-22(25(2)14-9-18-11-16-28-17-12-18)24-13-5-8-21(27)26-15-10-19-6-3-4-7-20(19)26/h3-4,6-7,18H,5,8-17H2,1-2H3,(H,23,24). The van der Waals surface area contributed by atoms with Crippen LogP contribution in [0.3, 0.4) is 0 Å². The van der Waals surface area contributed by atoms with Gasteiger partial charge in [0.1, 0.15) is 0 Å². The van der Waals surface area contributed by atoms with Gasteiger partial charge in [0.2, 0.25) is 5.91 Å². The molecule has 1 amide bonds. The lowest BCUT2D eigenvalue weighted by molar-refractivity contribution is -0.118. The fourth-order valence-corrected chi connectivity index (χ4v) is 4.07. The number of hydrogen-bond donors (Lipinski definition) is 1. The van der Waals surface area contributed by atoms with E-state index in [0.717, 1.165) is 63.3 Å². The molecule has 1 saturated heterocycles. The van der Waals surface area contributed by atoms with Gasteiger partial charge in [0.25, 0.3) is 0 Å². The molecule has 3 rings (SSSR count). The largest absolute Gasteiger partial charge is 0.381 e. The Labute approximate surface area is 168 Å². The first kappa shape index (κ1) is 20.6. The number of anilines is 1. The van der Waals surface area contributed by atoms with Gasteiger partial charge >= 0.3 is 0 Å². The van der Waals surface area contributed by atoms with E-state index in [1.807, 2.05) is 30.1 Å². The molecule has 0 spiro atoms. The number of carbonyl (C=O) groups excluding carboxylic acids is 1. The molecule has 1 aromatic carbocycles. The van der Waals surface area contributed by atoms with Crippen LogP contribution in [0.5, 0.6) is 0 Å². The molecule has 2 aliphatic rings. The molecule has 0 saturated carbocycles. The van der Waals surface area contributed by atoms with Gasteiger partial charge in [-0.15, -0.1) is 0 Å². The van der Waals surface area contributed by atoms with Crippen molar-refractivity contribution < 1.29 is 9.53 Å². The van der Waals surface area contributed by atoms with Crippen LogP contribution < -0.4 is 10.2 Å². The average molecular weight is 387 g/mol. The highest BCUT2D eigenvalue weighted by Crippen LogP contribution is 2.28. The topological polar surface area (TPSA) is 57.2 Å². The Balaban J connectivity index is 1.36. The molecule has 2 heterocycles. The summed E-state index contributed by atoms with van der Waals surface area (Å²) in [5.74, 6) is 1.89. The molecule has 6 nitrogen and oxygen atoms in total. The molecule has 6 heteroatoms. The van der Waals surface area contributed by atoms with E-state index < -0.39 is 0 Å². The number of benzene rings is 1. The molecular formula is C22H34N4O2. The van der Waals surface area contributed by atoms with E-state index in [0.29, 0.717) is 6.42 Å². The van der Waals surface area contributed by atoms with E-state index in [2.05, 4.69) is 28.3 Å². The normalized spacial score (nSPS) is 17.5. The number of nitrogens with zero attached hydrogens (tertiary/aromatic N) is 3. The molecule has 1 N–H and O–H groups in total. The number of carbonyl (C=O) groups is 1. The molecule has 1 aromatic rings. The zero-order chi connectivity index (χ0) is 19.8. The Morgan fingerprint density at radius 3 is 2.89 bits per heavy atom. The van der Waals surface area contributed by atoms with Gasteiger partial charge in [0, 0.05) is 59.1 Å². The number of para-hydroxylation sites is 1. The van der Waals surface area contributed by atoms with Crippen molar-refractivity contribution in [1.29, 1.82) is 0 Å². The van der Waals surface area contributed by atoms with E-state index in [-0.39, 0.29) is 5.91 Å². The predicted octanol–water partition coefficient (Wildman–Crippen LogP) is 2.68. The highest BCUT2D eigenvalue weighted by atomic mass is 16.5. The summed E-state index contributed by atoms with van der Waals surface area (Å²) in [6.07, 6.45) is 5.84. The molecule has 0 radical (unpaired) electrons. The van der Waals surface area contributed by atoms with Crippen molar-refractivity contribution in [1.82, 2.24) is 10.2 Å². The van der Waals surface area contributed by atoms with Crippen LogP contribution in [0.4, 0.5) is 5.69 Å². The minimum absolute atomic E-state index is 0.217. The second kappa shape index (κ2) is 10.5. The molecule has 0 atom stereocenters. The number of amides is 1. The van der Waals surface area contributed by atoms with Crippen molar-refractivity contribution in [3.05, 3.63) is 29.8 Å². The fourth-order valence-electron chi connectivity index (χ4n) is 4.07. The number of guanidine groups is 1. The summed E-state index contributed by atoms with van der Waals surface area (Å²) >= 11 is 0. The number of fused-ring (bicyclic) bond motifs is 1. The molecule has 0 bridgehead atoms. The average Bonchev–Trinajstić information content (AvgIpc) is 3.17. The second-order valence-electron chi connectivity index (χ2n) is 7.77. The Hall–Kier alpha value is -2.08. The minimum atomic E-state index is 0.217. The highest BCUT2D eigenvalue weighted by molar-refractivity contribution is 5.95. The molecule has 154 valence electrons. The molecule has 0 aliphatic carbocycles. The van der Waals surface area contributed by atoms with Crippen LogP contribution in [0.1, 0.15) is 37.7 Å². The fraction of sp³-hybridized carbons (Fsp3) is 0.636. The van der Waals surface area contributed by atoms with E-state index in [1.165, 1.54) is 24.8 Å². The smallest absolute Gasteiger partial charge is 0.227 e. The van der Waals surface area contributed by atoms with Gasteiger partial charge in [-0.3, -0.25) is 9.79 Å². The lowest BCUT2D eigenvalue weighted by Crippen LogP contribution is -2.40. The van der Waals surface area contributed by atoms with Crippen molar-refractivity contribution in [2.75, 3.05) is 51.8 Å². The lowest BCUT2D eigenvalue weighted by atomic mass is 9.96. The first-order valence-electron chi connectivity index (χ1n) is 10.6. The van der Waals surface area contributed by atoms with Crippen LogP contribution >= 0.6 is 0 Å². The van der Waals surface area contributed by atoms with Crippen LogP contribution in [0.25, 0.3) is 0 Å². The second-order valence-corrected chi connectivity index (χ2v) is 7.77. The Morgan fingerprint density at radius 2 is 2.11 bits per heavy atom. The van der Waals surface area contributed by atoms with Crippen LogP contribution in [0.2, 0.25) is 0 Å². The maximum absolute atomic E-state index is 12.6. The Bertz CT molecular complexity index is 670. The third-order valence-corrected chi connectivity index (χ3v) is 5.83. The summed E-state index contributed by atoms with van der Waals surface area (Å²) in [5.41, 5.74) is 2.37. The molecular weight excluding hydrogens is 352 g/mol. The number of hydrogen-bond acceptors (Lipinski definition) is 3. The summed E-state index contributed by atoms with van der Waals surface area (Å²) in [6.45, 7) is 4.36. The van der Waals surface area contributed by atoms with Crippen LogP contribution in [-0.4, -0.2) is 63.7 Å². The minimum Gasteiger partial charge on any atom is -0.381 e. The maximum Gasteiger partial charge on any atom is 0.227 e. The Morgan fingerprint density at radius 1 is 1.32 bits per heavy atom. The zero-order valence-electron chi connectivity index (χ0n) is 17.3. The van der Waals surface area contributed by atoms with E-state index >= 15 is 0 Å². The van der Waals surface area contributed by atoms with Crippen molar-refractivity contribution >= 4 is 17.6 Å². The van der Waals surface area contributed by atoms with E-state index in [9.17, 15) is 4.79 Å². The van der Waals surface area contributed by atoms with Gasteiger partial charge in [-0.05, 0) is 49.7 Å². The monoisotopic (exact) mass is 386 g/mol. The number of aliphatic imine (C=N–C) groups is 1. The first-order valence-corrected chi connectivity index (χ1v) is 10.6. The SMILES string of the molecule is CN=C(NCCCC(=O)N1CCc2ccccc21)N(C)CCC1CCOCC1. The van der Waals surface area contributed by atoms with E-state index in [4.69, 9.17) is 4.74 Å². The van der Waals surface area contributed by atoms with Gasteiger partial charge in [0.15, 0.2) is 5.96 Å². The van der Waals surface area contributed by atoms with Gasteiger partial charge in [-0.1, -0.05) is 18.2 Å². The van der Waals surface area contributed by atoms with Gasteiger partial charge in [-0.2, -0.15) is 0 Å². The molecule has 1 fully saturated rings. The van der Waals surface area contributed by atoms with Crippen LogP contribution in [0, 0.1) is 5.92 Å². The number of nitrogens with one attached hydrogen (secondary N) is 1. The van der Waals surface area contributed by atoms with E-state index in [1.54, 1.807) is 0 Å². The van der Waals surface area contributed by atoms with Crippen molar-refractivity contribution in [2.24, 2.45) is 10.9 Å². The predicted molar refractivity (Wildman–Crippen MR) is 114 cm³/mol. The van der Waals surface area contributed by atoms with Gasteiger partial charge in [0.05, 0.1) is 0 Å². The Kier molecular flexibility index (Phi) is 7.71. The molecule has 0 aromatic heterocycles. The lowest BCUT2D eigenvalue weighted by Gasteiger charge is -2.27. The van der Waals surface area contributed by atoms with Crippen molar-refractivity contribution in [3.63, 3.8) is 0 Å². The summed E-state index contributed by atoms with van der Waals surface area (Å²) in [6, 6.07) is 8.21. The van der Waals surface area contributed by atoms with Crippen molar-refractivity contribution in [3.8, 4) is 0 Å². The summed E-state index contributed by atoms with van der Waals surface area (Å²) in [5, 5.41) is 3.40. The number of rotatable bonds is 7. The molecule has 2 aliphatic heterocycles. The van der Waals surface area contributed by atoms with Crippen LogP contribution in [0.15, 0.2) is 29.3 Å². The van der Waals surface area contributed by atoms with Gasteiger partial charge < -0.3 is 19.9 Å². The first-order chi connectivity index (χ1) is 13.7. The van der Waals surface area contributed by atoms with Gasteiger partial charge in [-0.25, -0.2) is 0 Å². The molecule has 0 unspecified atom stereocenters. The van der Waals surface area contributed by atoms with Crippen molar-refractivity contribution in [2.45, 2.75) is 38.5 Å². The summed E-state index contributed by atoms with van der Waals surface area (Å²) < 4.78 is 5.44. The number of ether oxygens (including phenoxy) is 1. The quantitative estimate of drug-likeness (QED) is 0.445. The van der Waals surface area contributed by atoms with Crippen LogP contribution in [-0.2, 0) is 16.0 Å². The molecule has 28 heavy (non-hydrogen) atoms. The summed E-state index contributed by atoms with van der Waals surface area (Å²) in [7, 11) is 3.90. The third kappa shape index (κ3) is 5.47. The third-order valence-electron chi connectivity index (χ3n) is 5.83. The summed E-state index contributed by atoms with van der Waals surface area (Å²) in [4.78, 5) is 21.1. The maximum atomic E-state index is 12.6. The highest BCUT2D eigenvalue weighted by Gasteiger charge is 2.23.